The molecule has 12 heavy (non-hydrogen) atoms. The third-order valence-electron chi connectivity index (χ3n) is 0.598. The van der Waals surface area contributed by atoms with Gasteiger partial charge in [0.25, 0.3) is 15.3 Å². The molecule has 0 bridgehead atoms. The van der Waals surface area contributed by atoms with Gasteiger partial charge < -0.3 is 0 Å². The van der Waals surface area contributed by atoms with Crippen LogP contribution in [-0.4, -0.2) is 32.8 Å². The van der Waals surface area contributed by atoms with Gasteiger partial charge in [-0.15, -0.1) is 0 Å². The molecule has 0 rings (SSSR count). The summed E-state index contributed by atoms with van der Waals surface area (Å²) in [6.07, 6.45) is 0.566. The Morgan fingerprint density at radius 3 is 1.83 bits per heavy atom. The van der Waals surface area contributed by atoms with Gasteiger partial charge in [-0.3, -0.25) is 9.12 Å². The van der Waals surface area contributed by atoms with Gasteiger partial charge in [0.2, 0.25) is 8.46 Å². The molecule has 1 unspecified atom stereocenters. The normalized spacial score (nSPS) is 16.2. The van der Waals surface area contributed by atoms with E-state index in [1.165, 1.54) is 0 Å². The Morgan fingerprint density at radius 2 is 1.75 bits per heavy atom. The maximum atomic E-state index is 10.3. The molecule has 72 valence electrons. The van der Waals surface area contributed by atoms with Crippen LogP contribution in [0.15, 0.2) is 0 Å². The molecule has 0 heterocycles. The van der Waals surface area contributed by atoms with E-state index in [1.807, 2.05) is 0 Å². The van der Waals surface area contributed by atoms with E-state index in [0.717, 1.165) is 0 Å². The second-order valence-corrected chi connectivity index (χ2v) is 5.82. The molecule has 0 radical (unpaired) electrons. The van der Waals surface area contributed by atoms with Crippen molar-refractivity contribution < 1.29 is 30.1 Å². The van der Waals surface area contributed by atoms with Crippen molar-refractivity contribution in [1.29, 1.82) is 0 Å². The van der Waals surface area contributed by atoms with E-state index in [2.05, 4.69) is 4.18 Å². The second-order valence-electron chi connectivity index (χ2n) is 1.73. The first-order valence-electron chi connectivity index (χ1n) is 2.34. The van der Waals surface area contributed by atoms with Crippen LogP contribution in [0.25, 0.3) is 0 Å². The van der Waals surface area contributed by atoms with E-state index in [9.17, 15) is 21.4 Å². The molecule has 0 aromatic rings. The Hall–Kier alpha value is -0.0800. The highest BCUT2D eigenvalue weighted by atomic mass is 32.2. The summed E-state index contributed by atoms with van der Waals surface area (Å²) in [6.45, 7) is 0. The first kappa shape index (κ1) is 11.9. The molecular formula is C2H5O7PS2. The Bertz CT molecular complexity index is 351. The quantitative estimate of drug-likeness (QED) is 0.394. The van der Waals surface area contributed by atoms with Crippen molar-refractivity contribution in [2.75, 3.05) is 6.26 Å². The van der Waals surface area contributed by atoms with Gasteiger partial charge in [0, 0.05) is 0 Å². The highest BCUT2D eigenvalue weighted by molar-refractivity contribution is 7.92. The van der Waals surface area contributed by atoms with Crippen LogP contribution >= 0.6 is 8.46 Å². The second kappa shape index (κ2) is 3.75. The molecule has 1 N–H and O–H groups in total. The van der Waals surface area contributed by atoms with Crippen LogP contribution in [-0.2, 0) is 29.0 Å². The summed E-state index contributed by atoms with van der Waals surface area (Å²) >= 11 is 0. The largest absolute Gasteiger partial charge is 0.305 e. The van der Waals surface area contributed by atoms with E-state index >= 15 is 0 Å². The van der Waals surface area contributed by atoms with Crippen molar-refractivity contribution in [3.63, 3.8) is 0 Å². The minimum atomic E-state index is -4.77. The lowest BCUT2D eigenvalue weighted by Crippen LogP contribution is -2.21. The lowest BCUT2D eigenvalue weighted by Gasteiger charge is -2.03. The maximum absolute atomic E-state index is 10.3. The van der Waals surface area contributed by atoms with Crippen LogP contribution in [0.2, 0.25) is 0 Å². The third-order valence-corrected chi connectivity index (χ3v) is 3.35. The molecule has 0 saturated heterocycles. The van der Waals surface area contributed by atoms with Gasteiger partial charge in [-0.2, -0.15) is 16.8 Å². The molecule has 10 heteroatoms. The summed E-state index contributed by atoms with van der Waals surface area (Å²) in [4.78, 5) is 0. The van der Waals surface area contributed by atoms with Crippen molar-refractivity contribution in [2.45, 2.75) is 5.18 Å². The summed E-state index contributed by atoms with van der Waals surface area (Å²) in [7, 11) is -9.99. The lowest BCUT2D eigenvalue weighted by atomic mass is 11.7. The van der Waals surface area contributed by atoms with Crippen molar-refractivity contribution in [3.8, 4) is 0 Å². The van der Waals surface area contributed by atoms with Crippen LogP contribution in [0.5, 0.6) is 0 Å². The van der Waals surface area contributed by atoms with Crippen LogP contribution in [0, 0.1) is 0 Å². The van der Waals surface area contributed by atoms with Gasteiger partial charge in [-0.05, 0) is 0 Å². The van der Waals surface area contributed by atoms with E-state index in [1.54, 1.807) is 0 Å². The van der Waals surface area contributed by atoms with E-state index in [-0.39, 0.29) is 0 Å². The number of hydrogen-bond donors (Lipinski definition) is 1. The zero-order valence-electron chi connectivity index (χ0n) is 5.74. The molecule has 1 atom stereocenters. The number of rotatable bonds is 4. The van der Waals surface area contributed by atoms with E-state index < -0.39 is 33.9 Å². The Morgan fingerprint density at radius 1 is 1.33 bits per heavy atom. The molecule has 0 aliphatic rings. The van der Waals surface area contributed by atoms with Crippen molar-refractivity contribution in [2.24, 2.45) is 0 Å². The predicted octanol–water partition coefficient (Wildman–Crippen LogP) is -0.574. The molecule has 0 aromatic carbocycles. The maximum Gasteiger partial charge on any atom is 0.305 e. The van der Waals surface area contributed by atoms with Crippen LogP contribution in [0.4, 0.5) is 0 Å². The fourth-order valence-corrected chi connectivity index (χ4v) is 2.44. The van der Waals surface area contributed by atoms with Gasteiger partial charge in [0.15, 0.2) is 0 Å². The minimum absolute atomic E-state index is 0.566. The summed E-state index contributed by atoms with van der Waals surface area (Å²) in [6, 6.07) is 0. The fraction of sp³-hybridized carbons (Fsp3) is 1.00. The van der Waals surface area contributed by atoms with E-state index in [0.29, 0.717) is 6.26 Å². The summed E-state index contributed by atoms with van der Waals surface area (Å²) in [5.41, 5.74) is 0. The first-order chi connectivity index (χ1) is 5.17. The molecule has 0 aromatic heterocycles. The van der Waals surface area contributed by atoms with Crippen molar-refractivity contribution in [3.05, 3.63) is 0 Å². The standard InChI is InChI=1S/C2H5O7PS2/c1-11(4,5)9-2(10-3)12(6,7)8/h2H,1H3,(H,6,7,8). The first-order valence-corrected chi connectivity index (χ1v) is 6.54. The molecule has 7 nitrogen and oxygen atoms in total. The smallest absolute Gasteiger partial charge is 0.283 e. The van der Waals surface area contributed by atoms with Gasteiger partial charge in [0.1, 0.15) is 0 Å². The summed E-state index contributed by atoms with van der Waals surface area (Å²) < 4.78 is 63.0. The van der Waals surface area contributed by atoms with Gasteiger partial charge in [0.05, 0.1) is 6.26 Å². The Labute approximate surface area is 70.8 Å². The number of hydrogen-bond acceptors (Lipinski definition) is 6. The van der Waals surface area contributed by atoms with Crippen LogP contribution in [0.1, 0.15) is 0 Å². The molecule has 0 aliphatic carbocycles. The molecule has 0 spiro atoms. The van der Waals surface area contributed by atoms with Gasteiger partial charge in [-0.1, -0.05) is 0 Å². The average Bonchev–Trinajstić information content (AvgIpc) is 1.78. The predicted molar refractivity (Wildman–Crippen MR) is 38.9 cm³/mol. The fourth-order valence-electron chi connectivity index (χ4n) is 0.271. The minimum Gasteiger partial charge on any atom is -0.283 e. The lowest BCUT2D eigenvalue weighted by molar-refractivity contribution is 0.323. The Balaban J connectivity index is 4.76. The van der Waals surface area contributed by atoms with Crippen LogP contribution in [0.3, 0.4) is 0 Å². The van der Waals surface area contributed by atoms with Gasteiger partial charge in [-0.25, -0.2) is 4.18 Å². The molecule has 0 saturated carbocycles. The SMILES string of the molecule is CS(=O)(=O)OC(P=O)S(=O)(=O)O. The summed E-state index contributed by atoms with van der Waals surface area (Å²) in [5.74, 6) is 0. The van der Waals surface area contributed by atoms with Crippen molar-refractivity contribution in [1.82, 2.24) is 0 Å². The molecule has 0 amide bonds. The highest BCUT2D eigenvalue weighted by Gasteiger charge is 2.28. The van der Waals surface area contributed by atoms with Gasteiger partial charge >= 0.3 is 10.1 Å². The zero-order chi connectivity index (χ0) is 9.99. The average molecular weight is 236 g/mol. The molecule has 0 fully saturated rings. The highest BCUT2D eigenvalue weighted by Crippen LogP contribution is 2.16. The molecule has 0 aliphatic heterocycles. The summed E-state index contributed by atoms with van der Waals surface area (Å²) in [5, 5.41) is -2.28. The third kappa shape index (κ3) is 4.73. The Kier molecular flexibility index (Phi) is 3.73. The monoisotopic (exact) mass is 236 g/mol. The zero-order valence-corrected chi connectivity index (χ0v) is 8.27. The van der Waals surface area contributed by atoms with E-state index in [4.69, 9.17) is 4.55 Å². The van der Waals surface area contributed by atoms with Crippen LogP contribution < -0.4 is 0 Å². The molecular weight excluding hydrogens is 231 g/mol. The topological polar surface area (TPSA) is 115 Å². The van der Waals surface area contributed by atoms with Crippen molar-refractivity contribution >= 4 is 28.7 Å².